The number of methoxy groups -OCH3 is 1. The Morgan fingerprint density at radius 2 is 2.09 bits per heavy atom. The molecule has 126 valence electrons. The Kier molecular flexibility index (Phi) is 6.52. The minimum Gasteiger partial charge on any atom is -0.385 e. The highest BCUT2D eigenvalue weighted by Gasteiger charge is 2.24. The Balaban J connectivity index is 1.79. The number of carbonyl (C=O) groups excluding carboxylic acids is 2. The van der Waals surface area contributed by atoms with Gasteiger partial charge in [0.05, 0.1) is 6.54 Å². The molecule has 0 N–H and O–H groups in total. The molecule has 1 fully saturated rings. The van der Waals surface area contributed by atoms with E-state index in [1.807, 2.05) is 4.90 Å². The van der Waals surface area contributed by atoms with E-state index >= 15 is 0 Å². The van der Waals surface area contributed by atoms with E-state index in [1.54, 1.807) is 38.6 Å². The molecule has 0 saturated carbocycles. The Morgan fingerprint density at radius 1 is 1.35 bits per heavy atom. The number of likely N-dealkylation sites (N-methyl/N-ethyl adjacent to an activating group) is 1. The predicted molar refractivity (Wildman–Crippen MR) is 87.0 cm³/mol. The van der Waals surface area contributed by atoms with Crippen molar-refractivity contribution in [3.8, 4) is 0 Å². The van der Waals surface area contributed by atoms with Gasteiger partial charge in [-0.2, -0.15) is 0 Å². The summed E-state index contributed by atoms with van der Waals surface area (Å²) >= 11 is 0. The number of hydrogen-bond donors (Lipinski definition) is 0. The highest BCUT2D eigenvalue weighted by Crippen LogP contribution is 2.20. The molecule has 2 amide bonds. The summed E-state index contributed by atoms with van der Waals surface area (Å²) in [5.74, 6) is 0.405. The van der Waals surface area contributed by atoms with Gasteiger partial charge in [-0.1, -0.05) is 6.07 Å². The van der Waals surface area contributed by atoms with E-state index in [9.17, 15) is 9.59 Å². The van der Waals surface area contributed by atoms with E-state index in [4.69, 9.17) is 4.74 Å². The quantitative estimate of drug-likeness (QED) is 0.796. The maximum Gasteiger partial charge on any atom is 0.272 e. The molecule has 2 rings (SSSR count). The van der Waals surface area contributed by atoms with Gasteiger partial charge in [-0.05, 0) is 37.3 Å². The third-order valence-electron chi connectivity index (χ3n) is 4.30. The number of nitrogens with zero attached hydrogens (tertiary/aromatic N) is 3. The Morgan fingerprint density at radius 3 is 2.70 bits per heavy atom. The second-order valence-corrected chi connectivity index (χ2v) is 5.98. The summed E-state index contributed by atoms with van der Waals surface area (Å²) in [6, 6.07) is 5.18. The smallest absolute Gasteiger partial charge is 0.272 e. The van der Waals surface area contributed by atoms with Crippen LogP contribution in [0.5, 0.6) is 0 Å². The molecule has 1 aliphatic rings. The van der Waals surface area contributed by atoms with Crippen molar-refractivity contribution < 1.29 is 14.3 Å². The molecule has 0 unspecified atom stereocenters. The summed E-state index contributed by atoms with van der Waals surface area (Å²) in [6.07, 6.45) is 4.64. The maximum atomic E-state index is 12.4. The number of amides is 2. The van der Waals surface area contributed by atoms with Gasteiger partial charge in [-0.15, -0.1) is 0 Å². The summed E-state index contributed by atoms with van der Waals surface area (Å²) in [4.78, 5) is 31.9. The van der Waals surface area contributed by atoms with Gasteiger partial charge in [-0.3, -0.25) is 14.6 Å². The molecule has 6 heteroatoms. The van der Waals surface area contributed by atoms with E-state index in [-0.39, 0.29) is 18.4 Å². The van der Waals surface area contributed by atoms with Gasteiger partial charge >= 0.3 is 0 Å². The van der Waals surface area contributed by atoms with Crippen molar-refractivity contribution in [2.45, 2.75) is 19.3 Å². The fourth-order valence-electron chi connectivity index (χ4n) is 2.82. The second-order valence-electron chi connectivity index (χ2n) is 5.98. The van der Waals surface area contributed by atoms with Crippen molar-refractivity contribution in [2.24, 2.45) is 5.92 Å². The lowest BCUT2D eigenvalue weighted by Crippen LogP contribution is -2.44. The van der Waals surface area contributed by atoms with Crippen LogP contribution in [0.2, 0.25) is 0 Å². The van der Waals surface area contributed by atoms with Crippen LogP contribution in [-0.4, -0.2) is 67.0 Å². The zero-order valence-corrected chi connectivity index (χ0v) is 13.9. The molecular weight excluding hydrogens is 294 g/mol. The normalized spacial score (nSPS) is 15.5. The van der Waals surface area contributed by atoms with Crippen molar-refractivity contribution in [3.63, 3.8) is 0 Å². The first-order valence-corrected chi connectivity index (χ1v) is 8.05. The first-order valence-electron chi connectivity index (χ1n) is 8.05. The number of carbonyl (C=O) groups is 2. The van der Waals surface area contributed by atoms with E-state index in [0.717, 1.165) is 39.0 Å². The van der Waals surface area contributed by atoms with Crippen LogP contribution in [0.25, 0.3) is 0 Å². The topological polar surface area (TPSA) is 62.7 Å². The molecule has 0 spiro atoms. The number of piperidine rings is 1. The van der Waals surface area contributed by atoms with Crippen LogP contribution >= 0.6 is 0 Å². The van der Waals surface area contributed by atoms with E-state index in [0.29, 0.717) is 11.6 Å². The summed E-state index contributed by atoms with van der Waals surface area (Å²) in [5, 5.41) is 0. The van der Waals surface area contributed by atoms with Crippen LogP contribution in [0, 0.1) is 5.92 Å². The van der Waals surface area contributed by atoms with Crippen LogP contribution in [-0.2, 0) is 9.53 Å². The third kappa shape index (κ3) is 5.03. The molecular formula is C17H25N3O3. The Hall–Kier alpha value is -1.95. The summed E-state index contributed by atoms with van der Waals surface area (Å²) in [5.41, 5.74) is 0.362. The molecule has 0 atom stereocenters. The summed E-state index contributed by atoms with van der Waals surface area (Å²) in [6.45, 7) is 2.40. The highest BCUT2D eigenvalue weighted by molar-refractivity contribution is 5.94. The third-order valence-corrected chi connectivity index (χ3v) is 4.30. The van der Waals surface area contributed by atoms with Gasteiger partial charge in [-0.25, -0.2) is 0 Å². The van der Waals surface area contributed by atoms with Crippen LogP contribution in [0.1, 0.15) is 29.8 Å². The van der Waals surface area contributed by atoms with Gasteiger partial charge < -0.3 is 14.5 Å². The molecule has 6 nitrogen and oxygen atoms in total. The lowest BCUT2D eigenvalue weighted by molar-refractivity contribution is -0.133. The van der Waals surface area contributed by atoms with Crippen molar-refractivity contribution in [3.05, 3.63) is 30.1 Å². The van der Waals surface area contributed by atoms with Gasteiger partial charge in [0.2, 0.25) is 5.91 Å². The molecule has 2 heterocycles. The van der Waals surface area contributed by atoms with Crippen molar-refractivity contribution in [1.29, 1.82) is 0 Å². The molecule has 1 aromatic rings. The summed E-state index contributed by atoms with van der Waals surface area (Å²) in [7, 11) is 3.35. The van der Waals surface area contributed by atoms with E-state index in [2.05, 4.69) is 4.98 Å². The lowest BCUT2D eigenvalue weighted by atomic mass is 9.94. The first-order chi connectivity index (χ1) is 11.1. The molecule has 0 aromatic carbocycles. The van der Waals surface area contributed by atoms with E-state index < -0.39 is 0 Å². The molecule has 1 saturated heterocycles. The van der Waals surface area contributed by atoms with Gasteiger partial charge in [0.25, 0.3) is 5.91 Å². The van der Waals surface area contributed by atoms with Crippen LogP contribution in [0.3, 0.4) is 0 Å². The summed E-state index contributed by atoms with van der Waals surface area (Å²) < 4.78 is 5.11. The second kappa shape index (κ2) is 8.62. The average molecular weight is 319 g/mol. The minimum absolute atomic E-state index is 0.00183. The predicted octanol–water partition coefficient (Wildman–Crippen LogP) is 1.43. The van der Waals surface area contributed by atoms with Crippen molar-refractivity contribution >= 4 is 11.8 Å². The number of ether oxygens (including phenoxy) is 1. The SMILES string of the molecule is COCCC1CCN(C(=O)CN(C)C(=O)c2ccccn2)CC1. The van der Waals surface area contributed by atoms with Crippen molar-refractivity contribution in [1.82, 2.24) is 14.8 Å². The number of pyridine rings is 1. The minimum atomic E-state index is -0.228. The fraction of sp³-hybridized carbons (Fsp3) is 0.588. The van der Waals surface area contributed by atoms with Gasteiger partial charge in [0, 0.05) is 40.1 Å². The van der Waals surface area contributed by atoms with E-state index in [1.165, 1.54) is 4.90 Å². The molecule has 1 aliphatic heterocycles. The lowest BCUT2D eigenvalue weighted by Gasteiger charge is -2.33. The Bertz CT molecular complexity index is 513. The average Bonchev–Trinajstić information content (AvgIpc) is 2.60. The molecule has 1 aromatic heterocycles. The molecule has 23 heavy (non-hydrogen) atoms. The standard InChI is InChI=1S/C17H25N3O3/c1-19(17(22)15-5-3-4-9-18-15)13-16(21)20-10-6-14(7-11-20)8-12-23-2/h3-5,9,14H,6-8,10-13H2,1-2H3. The molecule has 0 bridgehead atoms. The van der Waals surface area contributed by atoms with Crippen LogP contribution < -0.4 is 0 Å². The largest absolute Gasteiger partial charge is 0.385 e. The number of likely N-dealkylation sites (tertiary alicyclic amines) is 1. The van der Waals surface area contributed by atoms with Crippen LogP contribution in [0.15, 0.2) is 24.4 Å². The number of rotatable bonds is 6. The fourth-order valence-corrected chi connectivity index (χ4v) is 2.82. The van der Waals surface area contributed by atoms with Gasteiger partial charge in [0.1, 0.15) is 5.69 Å². The first kappa shape index (κ1) is 17.4. The number of aromatic nitrogens is 1. The molecule has 0 radical (unpaired) electrons. The molecule has 0 aliphatic carbocycles. The zero-order valence-electron chi connectivity index (χ0n) is 13.9. The Labute approximate surface area is 137 Å². The maximum absolute atomic E-state index is 12.4. The van der Waals surface area contributed by atoms with Crippen molar-refractivity contribution in [2.75, 3.05) is 40.4 Å². The zero-order chi connectivity index (χ0) is 16.7. The number of hydrogen-bond acceptors (Lipinski definition) is 4. The monoisotopic (exact) mass is 319 g/mol. The van der Waals surface area contributed by atoms with Gasteiger partial charge in [0.15, 0.2) is 0 Å². The van der Waals surface area contributed by atoms with Crippen LogP contribution in [0.4, 0.5) is 0 Å². The highest BCUT2D eigenvalue weighted by atomic mass is 16.5.